The molecule has 1 saturated carbocycles. The Kier molecular flexibility index (Phi) is 7.19. The lowest BCUT2D eigenvalue weighted by molar-refractivity contribution is -0.147. The monoisotopic (exact) mass is 400 g/mol. The Hall–Kier alpha value is -2.67. The molecule has 0 radical (unpaired) electrons. The molecule has 0 spiro atoms. The van der Waals surface area contributed by atoms with E-state index in [-0.39, 0.29) is 25.0 Å². The zero-order valence-electron chi connectivity index (χ0n) is 15.6. The van der Waals surface area contributed by atoms with Gasteiger partial charge in [0.05, 0.1) is 17.7 Å². The van der Waals surface area contributed by atoms with E-state index in [4.69, 9.17) is 4.74 Å². The average molecular weight is 401 g/mol. The molecular formula is C21H24N2O4S. The van der Waals surface area contributed by atoms with Crippen molar-refractivity contribution >= 4 is 34.8 Å². The SMILES string of the molecule is O=C(COC(=O)CCc1cccs1)Nc1ccccc1C(=O)NC1CCCC1. The van der Waals surface area contributed by atoms with E-state index in [0.29, 0.717) is 17.7 Å². The number of anilines is 1. The molecule has 1 fully saturated rings. The first-order valence-corrected chi connectivity index (χ1v) is 10.4. The normalized spacial score (nSPS) is 13.9. The molecule has 2 aromatic rings. The van der Waals surface area contributed by atoms with Gasteiger partial charge in [0.25, 0.3) is 11.8 Å². The summed E-state index contributed by atoms with van der Waals surface area (Å²) in [4.78, 5) is 37.6. The molecule has 3 rings (SSSR count). The van der Waals surface area contributed by atoms with E-state index in [1.54, 1.807) is 35.6 Å². The molecule has 28 heavy (non-hydrogen) atoms. The third kappa shape index (κ3) is 5.92. The Labute approximate surface area is 168 Å². The number of thiophene rings is 1. The van der Waals surface area contributed by atoms with Crippen LogP contribution in [0, 0.1) is 0 Å². The van der Waals surface area contributed by atoms with Crippen LogP contribution in [0.15, 0.2) is 41.8 Å². The van der Waals surface area contributed by atoms with Crippen molar-refractivity contribution in [3.63, 3.8) is 0 Å². The lowest BCUT2D eigenvalue weighted by atomic mass is 10.1. The number of para-hydroxylation sites is 1. The van der Waals surface area contributed by atoms with E-state index in [1.165, 1.54) is 0 Å². The van der Waals surface area contributed by atoms with E-state index < -0.39 is 11.9 Å². The minimum Gasteiger partial charge on any atom is -0.456 e. The first-order chi connectivity index (χ1) is 13.6. The van der Waals surface area contributed by atoms with Gasteiger partial charge in [-0.1, -0.05) is 31.0 Å². The number of carbonyl (C=O) groups excluding carboxylic acids is 3. The molecule has 0 bridgehead atoms. The van der Waals surface area contributed by atoms with Gasteiger partial charge in [0.1, 0.15) is 0 Å². The van der Waals surface area contributed by atoms with Gasteiger partial charge in [0.15, 0.2) is 6.61 Å². The lowest BCUT2D eigenvalue weighted by Gasteiger charge is -2.15. The molecule has 0 atom stereocenters. The van der Waals surface area contributed by atoms with Gasteiger partial charge in [0.2, 0.25) is 0 Å². The Morgan fingerprint density at radius 2 is 1.86 bits per heavy atom. The van der Waals surface area contributed by atoms with E-state index in [1.807, 2.05) is 17.5 Å². The highest BCUT2D eigenvalue weighted by Crippen LogP contribution is 2.20. The largest absolute Gasteiger partial charge is 0.456 e. The van der Waals surface area contributed by atoms with E-state index in [2.05, 4.69) is 10.6 Å². The van der Waals surface area contributed by atoms with E-state index >= 15 is 0 Å². The second kappa shape index (κ2) is 10.0. The highest BCUT2D eigenvalue weighted by Gasteiger charge is 2.20. The van der Waals surface area contributed by atoms with Crippen LogP contribution in [-0.2, 0) is 20.7 Å². The fourth-order valence-electron chi connectivity index (χ4n) is 3.21. The predicted molar refractivity (Wildman–Crippen MR) is 108 cm³/mol. The standard InChI is InChI=1S/C21H24N2O4S/c24-19(14-27-20(25)12-11-16-8-5-13-28-16)23-18-10-4-3-9-17(18)21(26)22-15-6-1-2-7-15/h3-5,8-10,13,15H,1-2,6-7,11-12,14H2,(H,22,26)(H,23,24). The summed E-state index contributed by atoms with van der Waals surface area (Å²) in [7, 11) is 0. The van der Waals surface area contributed by atoms with Gasteiger partial charge in [-0.2, -0.15) is 0 Å². The molecule has 1 aromatic carbocycles. The van der Waals surface area contributed by atoms with E-state index in [9.17, 15) is 14.4 Å². The van der Waals surface area contributed by atoms with Crippen molar-refractivity contribution in [3.8, 4) is 0 Å². The van der Waals surface area contributed by atoms with Crippen LogP contribution in [0.1, 0.15) is 47.3 Å². The van der Waals surface area contributed by atoms with Crippen molar-refractivity contribution in [3.05, 3.63) is 52.2 Å². The van der Waals surface area contributed by atoms with Gasteiger partial charge in [-0.05, 0) is 42.8 Å². The zero-order valence-corrected chi connectivity index (χ0v) is 16.4. The first-order valence-electron chi connectivity index (χ1n) is 9.49. The summed E-state index contributed by atoms with van der Waals surface area (Å²) in [6.07, 6.45) is 5.06. The topological polar surface area (TPSA) is 84.5 Å². The molecule has 1 aliphatic carbocycles. The molecular weight excluding hydrogens is 376 g/mol. The van der Waals surface area contributed by atoms with Crippen LogP contribution >= 0.6 is 11.3 Å². The van der Waals surface area contributed by atoms with Crippen molar-refractivity contribution in [2.45, 2.75) is 44.6 Å². The van der Waals surface area contributed by atoms with Crippen molar-refractivity contribution in [2.75, 3.05) is 11.9 Å². The average Bonchev–Trinajstić information content (AvgIpc) is 3.39. The van der Waals surface area contributed by atoms with Crippen LogP contribution in [-0.4, -0.2) is 30.4 Å². The molecule has 0 unspecified atom stereocenters. The highest BCUT2D eigenvalue weighted by atomic mass is 32.1. The molecule has 1 heterocycles. The Bertz CT molecular complexity index is 814. The molecule has 6 nitrogen and oxygen atoms in total. The second-order valence-electron chi connectivity index (χ2n) is 6.79. The maximum Gasteiger partial charge on any atom is 0.306 e. The number of hydrogen-bond acceptors (Lipinski definition) is 5. The van der Waals surface area contributed by atoms with Crippen LogP contribution in [0.2, 0.25) is 0 Å². The fourth-order valence-corrected chi connectivity index (χ4v) is 3.92. The molecule has 148 valence electrons. The van der Waals surface area contributed by atoms with Gasteiger partial charge in [-0.3, -0.25) is 14.4 Å². The van der Waals surface area contributed by atoms with Gasteiger partial charge in [-0.15, -0.1) is 11.3 Å². The van der Waals surface area contributed by atoms with Crippen molar-refractivity contribution in [2.24, 2.45) is 0 Å². The molecule has 0 saturated heterocycles. The number of esters is 1. The van der Waals surface area contributed by atoms with Crippen LogP contribution in [0.4, 0.5) is 5.69 Å². The maximum atomic E-state index is 12.5. The summed E-state index contributed by atoms with van der Waals surface area (Å²) < 4.78 is 5.04. The van der Waals surface area contributed by atoms with Crippen molar-refractivity contribution < 1.29 is 19.1 Å². The Balaban J connectivity index is 1.48. The number of nitrogens with one attached hydrogen (secondary N) is 2. The fraction of sp³-hybridized carbons (Fsp3) is 0.381. The third-order valence-electron chi connectivity index (χ3n) is 4.66. The van der Waals surface area contributed by atoms with Gasteiger partial charge in [0, 0.05) is 10.9 Å². The number of ether oxygens (including phenoxy) is 1. The van der Waals surface area contributed by atoms with Crippen LogP contribution in [0.3, 0.4) is 0 Å². The molecule has 1 aliphatic rings. The van der Waals surface area contributed by atoms with Crippen molar-refractivity contribution in [1.82, 2.24) is 5.32 Å². The lowest BCUT2D eigenvalue weighted by Crippen LogP contribution is -2.33. The summed E-state index contributed by atoms with van der Waals surface area (Å²) in [5.41, 5.74) is 0.824. The predicted octanol–water partition coefficient (Wildman–Crippen LogP) is 3.54. The maximum absolute atomic E-state index is 12.5. The van der Waals surface area contributed by atoms with Gasteiger partial charge >= 0.3 is 5.97 Å². The molecule has 2 N–H and O–H groups in total. The summed E-state index contributed by atoms with van der Waals surface area (Å²) >= 11 is 1.58. The molecule has 2 amide bonds. The quantitative estimate of drug-likeness (QED) is 0.664. The zero-order chi connectivity index (χ0) is 19.8. The Morgan fingerprint density at radius 3 is 2.61 bits per heavy atom. The second-order valence-corrected chi connectivity index (χ2v) is 7.82. The number of hydrogen-bond donors (Lipinski definition) is 2. The van der Waals surface area contributed by atoms with Gasteiger partial charge in [-0.25, -0.2) is 0 Å². The van der Waals surface area contributed by atoms with Gasteiger partial charge < -0.3 is 15.4 Å². The van der Waals surface area contributed by atoms with Crippen LogP contribution < -0.4 is 10.6 Å². The van der Waals surface area contributed by atoms with Crippen LogP contribution in [0.25, 0.3) is 0 Å². The molecule has 0 aliphatic heterocycles. The van der Waals surface area contributed by atoms with E-state index in [0.717, 1.165) is 30.6 Å². The first kappa shape index (κ1) is 20.1. The smallest absolute Gasteiger partial charge is 0.306 e. The number of aryl methyl sites for hydroxylation is 1. The minimum atomic E-state index is -0.467. The number of rotatable bonds is 8. The molecule has 7 heteroatoms. The number of amides is 2. The minimum absolute atomic E-state index is 0.195. The molecule has 1 aromatic heterocycles. The summed E-state index contributed by atoms with van der Waals surface area (Å²) in [5.74, 6) is -1.09. The summed E-state index contributed by atoms with van der Waals surface area (Å²) in [5, 5.41) is 7.63. The van der Waals surface area contributed by atoms with Crippen molar-refractivity contribution in [1.29, 1.82) is 0 Å². The van der Waals surface area contributed by atoms with Crippen LogP contribution in [0.5, 0.6) is 0 Å². The number of benzene rings is 1. The summed E-state index contributed by atoms with van der Waals surface area (Å²) in [6, 6.07) is 10.9. The third-order valence-corrected chi connectivity index (χ3v) is 5.59. The summed E-state index contributed by atoms with van der Waals surface area (Å²) in [6.45, 7) is -0.373. The Morgan fingerprint density at radius 1 is 1.07 bits per heavy atom. The number of carbonyl (C=O) groups is 3. The highest BCUT2D eigenvalue weighted by molar-refractivity contribution is 7.09.